The summed E-state index contributed by atoms with van der Waals surface area (Å²) in [6.07, 6.45) is 4.03. The lowest BCUT2D eigenvalue weighted by Gasteiger charge is -2.42. The van der Waals surface area contributed by atoms with E-state index in [4.69, 9.17) is 23.2 Å². The number of H-pyrrole nitrogens is 1. The number of halogens is 2. The number of aromatic nitrogens is 2. The number of rotatable bonds is 3. The molecule has 0 unspecified atom stereocenters. The van der Waals surface area contributed by atoms with Gasteiger partial charge >= 0.3 is 0 Å². The summed E-state index contributed by atoms with van der Waals surface area (Å²) in [5.41, 5.74) is 1.96. The van der Waals surface area contributed by atoms with Crippen LogP contribution in [0.3, 0.4) is 0 Å². The molecule has 2 aliphatic heterocycles. The molecule has 0 amide bonds. The van der Waals surface area contributed by atoms with E-state index in [2.05, 4.69) is 31.2 Å². The molecule has 0 radical (unpaired) electrons. The summed E-state index contributed by atoms with van der Waals surface area (Å²) in [4.78, 5) is 2.35. The lowest BCUT2D eigenvalue weighted by molar-refractivity contribution is -0.0428. The van der Waals surface area contributed by atoms with E-state index in [0.29, 0.717) is 10.0 Å². The molecule has 2 aliphatic rings. The van der Waals surface area contributed by atoms with Crippen LogP contribution in [-0.4, -0.2) is 59.5 Å². The zero-order chi connectivity index (χ0) is 17.2. The largest absolute Gasteiger partial charge is 0.352 e. The summed E-state index contributed by atoms with van der Waals surface area (Å²) in [5, 5.41) is 13.8. The Morgan fingerprint density at radius 3 is 2.24 bits per heavy atom. The van der Waals surface area contributed by atoms with Crippen molar-refractivity contribution >= 4 is 29.0 Å². The van der Waals surface area contributed by atoms with Crippen molar-refractivity contribution < 1.29 is 0 Å². The highest BCUT2D eigenvalue weighted by atomic mass is 35.5. The predicted molar refractivity (Wildman–Crippen MR) is 103 cm³/mol. The number of hydrazine groups is 1. The van der Waals surface area contributed by atoms with Crippen LogP contribution in [0.5, 0.6) is 0 Å². The fraction of sp³-hybridized carbons (Fsp3) is 0.500. The van der Waals surface area contributed by atoms with Gasteiger partial charge in [0, 0.05) is 50.9 Å². The lowest BCUT2D eigenvalue weighted by atomic mass is 10.1. The topological polar surface area (TPSA) is 38.4 Å². The van der Waals surface area contributed by atoms with E-state index in [0.717, 1.165) is 43.3 Å². The van der Waals surface area contributed by atoms with Crippen molar-refractivity contribution in [2.24, 2.45) is 0 Å². The molecule has 1 aromatic heterocycles. The first-order valence-electron chi connectivity index (χ1n) is 8.96. The summed E-state index contributed by atoms with van der Waals surface area (Å²) < 4.78 is 0. The molecule has 7 heteroatoms. The number of hydrogen-bond acceptors (Lipinski definition) is 4. The summed E-state index contributed by atoms with van der Waals surface area (Å²) in [5.74, 6) is 0.999. The predicted octanol–water partition coefficient (Wildman–Crippen LogP) is 3.91. The molecule has 2 saturated heterocycles. The molecule has 0 aliphatic carbocycles. The SMILES string of the molecule is Clc1ccc(-c2cc(N3CCN(N4CCCCC4)CC3)n[nH]2)cc1Cl. The van der Waals surface area contributed by atoms with Crippen LogP contribution < -0.4 is 4.90 Å². The molecular formula is C18H23Cl2N5. The maximum absolute atomic E-state index is 6.12. The molecule has 0 saturated carbocycles. The quantitative estimate of drug-likeness (QED) is 0.877. The van der Waals surface area contributed by atoms with Crippen molar-refractivity contribution in [3.8, 4) is 11.3 Å². The highest BCUT2D eigenvalue weighted by molar-refractivity contribution is 6.42. The molecule has 1 aromatic carbocycles. The van der Waals surface area contributed by atoms with Gasteiger partial charge in [0.1, 0.15) is 0 Å². The van der Waals surface area contributed by atoms with Crippen LogP contribution in [0.15, 0.2) is 24.3 Å². The van der Waals surface area contributed by atoms with Gasteiger partial charge in [-0.15, -0.1) is 0 Å². The first kappa shape index (κ1) is 17.2. The van der Waals surface area contributed by atoms with Gasteiger partial charge in [-0.1, -0.05) is 35.7 Å². The number of piperazine rings is 1. The number of hydrogen-bond donors (Lipinski definition) is 1. The molecule has 0 spiro atoms. The fourth-order valence-corrected chi connectivity index (χ4v) is 3.95. The smallest absolute Gasteiger partial charge is 0.151 e. The first-order chi connectivity index (χ1) is 12.2. The fourth-order valence-electron chi connectivity index (χ4n) is 3.65. The Morgan fingerprint density at radius 1 is 0.800 bits per heavy atom. The van der Waals surface area contributed by atoms with Gasteiger partial charge in [0.15, 0.2) is 5.82 Å². The molecule has 3 heterocycles. The molecule has 0 bridgehead atoms. The Labute approximate surface area is 158 Å². The van der Waals surface area contributed by atoms with Crippen molar-refractivity contribution in [2.45, 2.75) is 19.3 Å². The number of aromatic amines is 1. The van der Waals surface area contributed by atoms with E-state index in [1.54, 1.807) is 0 Å². The number of nitrogens with one attached hydrogen (secondary N) is 1. The average Bonchev–Trinajstić information content (AvgIpc) is 3.15. The first-order valence-corrected chi connectivity index (χ1v) is 9.72. The minimum Gasteiger partial charge on any atom is -0.352 e. The van der Waals surface area contributed by atoms with Crippen LogP contribution in [0.4, 0.5) is 5.82 Å². The van der Waals surface area contributed by atoms with Crippen molar-refractivity contribution in [3.05, 3.63) is 34.3 Å². The van der Waals surface area contributed by atoms with Crippen LogP contribution in [0, 0.1) is 0 Å². The van der Waals surface area contributed by atoms with Gasteiger partial charge in [0.2, 0.25) is 0 Å². The van der Waals surface area contributed by atoms with Gasteiger partial charge in [-0.2, -0.15) is 5.10 Å². The highest BCUT2D eigenvalue weighted by Gasteiger charge is 2.24. The molecule has 2 aromatic rings. The summed E-state index contributed by atoms with van der Waals surface area (Å²) in [6, 6.07) is 7.74. The van der Waals surface area contributed by atoms with Gasteiger partial charge in [-0.05, 0) is 25.0 Å². The molecule has 25 heavy (non-hydrogen) atoms. The van der Waals surface area contributed by atoms with Gasteiger partial charge < -0.3 is 4.90 Å². The van der Waals surface area contributed by atoms with E-state index in [1.807, 2.05) is 18.2 Å². The minimum atomic E-state index is 0.561. The molecule has 0 atom stereocenters. The highest BCUT2D eigenvalue weighted by Crippen LogP contribution is 2.29. The number of anilines is 1. The lowest BCUT2D eigenvalue weighted by Crippen LogP contribution is -2.55. The van der Waals surface area contributed by atoms with Crippen molar-refractivity contribution in [3.63, 3.8) is 0 Å². The van der Waals surface area contributed by atoms with Crippen LogP contribution in [-0.2, 0) is 0 Å². The molecule has 4 rings (SSSR count). The monoisotopic (exact) mass is 379 g/mol. The molecule has 134 valence electrons. The van der Waals surface area contributed by atoms with E-state index in [-0.39, 0.29) is 0 Å². The van der Waals surface area contributed by atoms with E-state index in [1.165, 1.54) is 32.4 Å². The van der Waals surface area contributed by atoms with E-state index < -0.39 is 0 Å². The number of piperidine rings is 1. The third-order valence-electron chi connectivity index (χ3n) is 5.11. The molecule has 2 fully saturated rings. The Hall–Kier alpha value is -1.27. The van der Waals surface area contributed by atoms with Crippen molar-refractivity contribution in [1.82, 2.24) is 20.2 Å². The zero-order valence-corrected chi connectivity index (χ0v) is 15.7. The number of nitrogens with zero attached hydrogens (tertiary/aromatic N) is 4. The van der Waals surface area contributed by atoms with Gasteiger partial charge in [0.05, 0.1) is 15.7 Å². The van der Waals surface area contributed by atoms with Crippen molar-refractivity contribution in [1.29, 1.82) is 0 Å². The second-order valence-corrected chi connectivity index (χ2v) is 7.54. The minimum absolute atomic E-state index is 0.561. The maximum atomic E-state index is 6.12. The van der Waals surface area contributed by atoms with Crippen LogP contribution in [0.1, 0.15) is 19.3 Å². The second-order valence-electron chi connectivity index (χ2n) is 6.72. The molecule has 5 nitrogen and oxygen atoms in total. The Balaban J connectivity index is 1.40. The van der Waals surface area contributed by atoms with Crippen LogP contribution in [0.2, 0.25) is 10.0 Å². The summed E-state index contributed by atoms with van der Waals surface area (Å²) >= 11 is 12.1. The van der Waals surface area contributed by atoms with Gasteiger partial charge in [0.25, 0.3) is 0 Å². The number of benzene rings is 1. The van der Waals surface area contributed by atoms with Gasteiger partial charge in [-0.25, -0.2) is 10.0 Å². The van der Waals surface area contributed by atoms with Crippen LogP contribution in [0.25, 0.3) is 11.3 Å². The normalized spacial score (nSPS) is 20.2. The summed E-state index contributed by atoms with van der Waals surface area (Å²) in [7, 11) is 0. The van der Waals surface area contributed by atoms with Crippen molar-refractivity contribution in [2.75, 3.05) is 44.2 Å². The Kier molecular flexibility index (Phi) is 5.17. The van der Waals surface area contributed by atoms with E-state index in [9.17, 15) is 0 Å². The summed E-state index contributed by atoms with van der Waals surface area (Å²) in [6.45, 7) is 6.56. The molecular weight excluding hydrogens is 357 g/mol. The standard InChI is InChI=1S/C18H23Cl2N5/c19-15-5-4-14(12-16(15)20)17-13-18(22-21-17)23-8-10-25(11-9-23)24-6-2-1-3-7-24/h4-5,12-13H,1-3,6-11H2,(H,21,22). The maximum Gasteiger partial charge on any atom is 0.151 e. The average molecular weight is 380 g/mol. The third kappa shape index (κ3) is 3.80. The third-order valence-corrected chi connectivity index (χ3v) is 5.85. The van der Waals surface area contributed by atoms with Crippen LogP contribution >= 0.6 is 23.2 Å². The zero-order valence-electron chi connectivity index (χ0n) is 14.2. The Bertz CT molecular complexity index is 718. The van der Waals surface area contributed by atoms with Gasteiger partial charge in [-0.3, -0.25) is 5.10 Å². The second kappa shape index (κ2) is 7.54. The van der Waals surface area contributed by atoms with E-state index >= 15 is 0 Å². The Morgan fingerprint density at radius 2 is 1.52 bits per heavy atom. The molecule has 1 N–H and O–H groups in total.